The molecule has 1 heterocycles. The summed E-state index contributed by atoms with van der Waals surface area (Å²) >= 11 is 0. The number of amides is 1. The fourth-order valence-corrected chi connectivity index (χ4v) is 2.53. The van der Waals surface area contributed by atoms with Crippen LogP contribution in [0, 0.1) is 11.8 Å². The Morgan fingerprint density at radius 2 is 2.04 bits per heavy atom. The first-order valence-electron chi connectivity index (χ1n) is 7.19. The van der Waals surface area contributed by atoms with Crippen LogP contribution in [0.1, 0.15) is 34.1 Å². The quantitative estimate of drug-likeness (QED) is 0.805. The van der Waals surface area contributed by atoms with Gasteiger partial charge in [0.2, 0.25) is 0 Å². The van der Waals surface area contributed by atoms with E-state index < -0.39 is 47.6 Å². The Hall–Kier alpha value is -1.93. The summed E-state index contributed by atoms with van der Waals surface area (Å²) in [5.74, 6) is -6.14. The van der Waals surface area contributed by atoms with Crippen molar-refractivity contribution in [2.75, 3.05) is 6.61 Å². The molecule has 2 N–H and O–H groups in total. The number of carbonyl (C=O) groups excluding carboxylic acids is 1. The summed E-state index contributed by atoms with van der Waals surface area (Å²) in [5.41, 5.74) is -2.71. The second kappa shape index (κ2) is 5.31. The van der Waals surface area contributed by atoms with Crippen LogP contribution in [0.2, 0.25) is 0 Å². The molecular weight excluding hydrogens is 314 g/mol. The van der Waals surface area contributed by atoms with Gasteiger partial charge in [0, 0.05) is 5.92 Å². The summed E-state index contributed by atoms with van der Waals surface area (Å²) in [5, 5.41) is 11.1. The van der Waals surface area contributed by atoms with Crippen molar-refractivity contribution in [3.8, 4) is 0 Å². The fraction of sp³-hybridized carbons (Fsp3) is 0.786. The predicted octanol–water partition coefficient (Wildman–Crippen LogP) is 2.01. The van der Waals surface area contributed by atoms with Gasteiger partial charge in [-0.1, -0.05) is 0 Å². The van der Waals surface area contributed by atoms with Gasteiger partial charge in [0.05, 0.1) is 5.92 Å². The molecule has 1 saturated carbocycles. The lowest BCUT2D eigenvalue weighted by Crippen LogP contribution is -2.56. The third-order valence-corrected chi connectivity index (χ3v) is 3.90. The number of ether oxygens (including phenoxy) is 2. The van der Waals surface area contributed by atoms with Crippen molar-refractivity contribution in [1.82, 2.24) is 5.32 Å². The summed E-state index contributed by atoms with van der Waals surface area (Å²) < 4.78 is 38.2. The average Bonchev–Trinajstić information content (AvgIpc) is 3.12. The largest absolute Gasteiger partial charge is 0.481 e. The number of hydrogen-bond donors (Lipinski definition) is 2. The van der Waals surface area contributed by atoms with Crippen LogP contribution in [-0.4, -0.2) is 46.9 Å². The minimum absolute atomic E-state index is 0.116. The Labute approximate surface area is 132 Å². The zero-order valence-electron chi connectivity index (χ0n) is 13.4. The van der Waals surface area contributed by atoms with Crippen LogP contribution in [0.5, 0.6) is 0 Å². The van der Waals surface area contributed by atoms with Crippen LogP contribution in [0.4, 0.5) is 13.6 Å². The standard InChI is InChI=1S/C14H20F2N2O5/c1-12(2,3)23-11(21)17-10-18-13(4,14(15,16)6-22-10)8-5-7(8)9(19)20/h7-8H,5-6H2,1-4H3,(H,19,20)(H,17,18,21)/t7-,8-,13-/m1/s1. The van der Waals surface area contributed by atoms with Crippen LogP contribution in [0.25, 0.3) is 0 Å². The topological polar surface area (TPSA) is 97.2 Å². The molecular formula is C14H20F2N2O5. The van der Waals surface area contributed by atoms with Gasteiger partial charge in [-0.15, -0.1) is 0 Å². The SMILES string of the molecule is CC(C)(C)OC(=O)NC1=N[C@](C)([C@@H]2C[C@H]2C(=O)O)C(F)(F)CO1. The number of halogens is 2. The molecule has 0 aromatic heterocycles. The highest BCUT2D eigenvalue weighted by Crippen LogP contribution is 2.55. The maximum absolute atomic E-state index is 14.2. The maximum Gasteiger partial charge on any atom is 0.415 e. The van der Waals surface area contributed by atoms with Crippen LogP contribution in [0.15, 0.2) is 4.99 Å². The van der Waals surface area contributed by atoms with Gasteiger partial charge < -0.3 is 14.6 Å². The number of carboxylic acid groups (broad SMARTS) is 1. The van der Waals surface area contributed by atoms with Crippen molar-refractivity contribution in [3.63, 3.8) is 0 Å². The number of rotatable bonds is 2. The highest BCUT2D eigenvalue weighted by atomic mass is 19.3. The number of alkyl carbamates (subject to hydrolysis) is 1. The Bertz CT molecular complexity index is 558. The van der Waals surface area contributed by atoms with Gasteiger partial charge in [-0.2, -0.15) is 0 Å². The van der Waals surface area contributed by atoms with Crippen molar-refractivity contribution in [2.24, 2.45) is 16.8 Å². The number of aliphatic imine (C=N–C) groups is 1. The summed E-state index contributed by atoms with van der Waals surface area (Å²) in [6.07, 6.45) is -0.764. The molecule has 1 aliphatic carbocycles. The predicted molar refractivity (Wildman–Crippen MR) is 75.3 cm³/mol. The van der Waals surface area contributed by atoms with Crippen molar-refractivity contribution >= 4 is 18.1 Å². The highest BCUT2D eigenvalue weighted by molar-refractivity contribution is 5.91. The van der Waals surface area contributed by atoms with Gasteiger partial charge in [0.25, 0.3) is 6.02 Å². The summed E-state index contributed by atoms with van der Waals surface area (Å²) in [4.78, 5) is 26.5. The number of alkyl halides is 2. The van der Waals surface area contributed by atoms with E-state index >= 15 is 0 Å². The lowest BCUT2D eigenvalue weighted by atomic mass is 9.87. The molecule has 0 saturated heterocycles. The number of carboxylic acids is 1. The van der Waals surface area contributed by atoms with E-state index in [-0.39, 0.29) is 12.4 Å². The molecule has 7 nitrogen and oxygen atoms in total. The zero-order valence-corrected chi connectivity index (χ0v) is 13.4. The molecule has 0 bridgehead atoms. The number of nitrogens with one attached hydrogen (secondary N) is 1. The number of hydrogen-bond acceptors (Lipinski definition) is 5. The van der Waals surface area contributed by atoms with E-state index in [0.717, 1.165) is 0 Å². The van der Waals surface area contributed by atoms with Crippen molar-refractivity contribution < 1.29 is 33.0 Å². The lowest BCUT2D eigenvalue weighted by molar-refractivity contribution is -0.142. The molecule has 0 aromatic rings. The normalized spacial score (nSPS) is 32.3. The Kier molecular flexibility index (Phi) is 4.02. The summed E-state index contributed by atoms with van der Waals surface area (Å²) in [7, 11) is 0. The number of carbonyl (C=O) groups is 2. The second-order valence-corrected chi connectivity index (χ2v) is 6.97. The average molecular weight is 334 g/mol. The van der Waals surface area contributed by atoms with Gasteiger partial charge in [0.1, 0.15) is 11.1 Å². The van der Waals surface area contributed by atoms with E-state index in [9.17, 15) is 18.4 Å². The van der Waals surface area contributed by atoms with Crippen molar-refractivity contribution in [3.05, 3.63) is 0 Å². The first-order chi connectivity index (χ1) is 10.4. The molecule has 2 rings (SSSR count). The maximum atomic E-state index is 14.2. The van der Waals surface area contributed by atoms with E-state index in [0.29, 0.717) is 0 Å². The van der Waals surface area contributed by atoms with Gasteiger partial charge in [-0.3, -0.25) is 4.79 Å². The molecule has 1 aliphatic heterocycles. The molecule has 23 heavy (non-hydrogen) atoms. The fourth-order valence-electron chi connectivity index (χ4n) is 2.53. The van der Waals surface area contributed by atoms with E-state index in [4.69, 9.17) is 14.6 Å². The Balaban J connectivity index is 2.17. The molecule has 9 heteroatoms. The van der Waals surface area contributed by atoms with E-state index in [1.807, 2.05) is 0 Å². The van der Waals surface area contributed by atoms with Gasteiger partial charge in [-0.05, 0) is 34.1 Å². The van der Waals surface area contributed by atoms with Crippen molar-refractivity contribution in [2.45, 2.75) is 51.2 Å². The second-order valence-electron chi connectivity index (χ2n) is 6.97. The number of nitrogens with zero attached hydrogens (tertiary/aromatic N) is 1. The smallest absolute Gasteiger partial charge is 0.415 e. The molecule has 0 aromatic carbocycles. The van der Waals surface area contributed by atoms with Crippen LogP contribution < -0.4 is 5.32 Å². The molecule has 0 radical (unpaired) electrons. The molecule has 1 fully saturated rings. The monoisotopic (exact) mass is 334 g/mol. The first kappa shape index (κ1) is 17.4. The molecule has 1 amide bonds. The molecule has 130 valence electrons. The minimum atomic E-state index is -3.33. The molecule has 2 aliphatic rings. The Morgan fingerprint density at radius 3 is 2.52 bits per heavy atom. The number of amidine groups is 1. The first-order valence-corrected chi connectivity index (χ1v) is 7.19. The molecule has 3 atom stereocenters. The van der Waals surface area contributed by atoms with Crippen LogP contribution in [-0.2, 0) is 14.3 Å². The summed E-state index contributed by atoms with van der Waals surface area (Å²) in [6, 6.07) is -0.385. The third kappa shape index (κ3) is 3.53. The van der Waals surface area contributed by atoms with Crippen molar-refractivity contribution in [1.29, 1.82) is 0 Å². The highest BCUT2D eigenvalue weighted by Gasteiger charge is 2.66. The number of aliphatic carboxylic acids is 1. The van der Waals surface area contributed by atoms with Crippen LogP contribution in [0.3, 0.4) is 0 Å². The van der Waals surface area contributed by atoms with Gasteiger partial charge in [-0.25, -0.2) is 23.9 Å². The molecule has 0 unspecified atom stereocenters. The lowest BCUT2D eigenvalue weighted by Gasteiger charge is -2.38. The minimum Gasteiger partial charge on any atom is -0.481 e. The van der Waals surface area contributed by atoms with Crippen LogP contribution >= 0.6 is 0 Å². The van der Waals surface area contributed by atoms with Gasteiger partial charge >= 0.3 is 18.0 Å². The summed E-state index contributed by atoms with van der Waals surface area (Å²) in [6.45, 7) is 5.14. The Morgan fingerprint density at radius 1 is 1.43 bits per heavy atom. The third-order valence-electron chi connectivity index (χ3n) is 3.90. The zero-order chi connectivity index (χ0) is 17.6. The van der Waals surface area contributed by atoms with E-state index in [1.54, 1.807) is 20.8 Å². The molecule has 0 spiro atoms. The van der Waals surface area contributed by atoms with E-state index in [2.05, 4.69) is 10.3 Å². The van der Waals surface area contributed by atoms with E-state index in [1.165, 1.54) is 6.92 Å². The van der Waals surface area contributed by atoms with Gasteiger partial charge in [0.15, 0.2) is 6.61 Å².